The largest absolute Gasteiger partial charge is 0.493 e. The van der Waals surface area contributed by atoms with Crippen LogP contribution in [0.25, 0.3) is 0 Å². The quantitative estimate of drug-likeness (QED) is 0.853. The van der Waals surface area contributed by atoms with E-state index in [1.54, 1.807) is 10.9 Å². The van der Waals surface area contributed by atoms with Gasteiger partial charge in [-0.25, -0.2) is 0 Å². The number of nitrogens with zero attached hydrogens (tertiary/aromatic N) is 3. The third-order valence-electron chi connectivity index (χ3n) is 4.33. The predicted molar refractivity (Wildman–Crippen MR) is 88.5 cm³/mol. The molecule has 0 atom stereocenters. The van der Waals surface area contributed by atoms with E-state index in [0.29, 0.717) is 11.5 Å². The molecular weight excluding hydrogens is 290 g/mol. The van der Waals surface area contributed by atoms with E-state index in [-0.39, 0.29) is 5.91 Å². The van der Waals surface area contributed by atoms with Gasteiger partial charge >= 0.3 is 0 Å². The average Bonchev–Trinajstić information content (AvgIpc) is 3.10. The zero-order valence-electron chi connectivity index (χ0n) is 13.5. The zero-order chi connectivity index (χ0) is 16.1. The molecule has 1 amide bonds. The summed E-state index contributed by atoms with van der Waals surface area (Å²) < 4.78 is 7.61. The van der Waals surface area contributed by atoms with E-state index >= 15 is 0 Å². The predicted octanol–water partition coefficient (Wildman–Crippen LogP) is 2.83. The summed E-state index contributed by atoms with van der Waals surface area (Å²) in [7, 11) is 0. The molecule has 2 aromatic rings. The highest BCUT2D eigenvalue weighted by Gasteiger charge is 2.24. The van der Waals surface area contributed by atoms with Crippen molar-refractivity contribution in [2.75, 3.05) is 19.7 Å². The number of carbonyl (C=O) groups excluding carboxylic acids is 1. The van der Waals surface area contributed by atoms with Crippen molar-refractivity contribution in [3.63, 3.8) is 0 Å². The zero-order valence-corrected chi connectivity index (χ0v) is 13.5. The Labute approximate surface area is 136 Å². The maximum Gasteiger partial charge on any atom is 0.257 e. The molecule has 5 heteroatoms. The van der Waals surface area contributed by atoms with Gasteiger partial charge in [0.2, 0.25) is 0 Å². The normalized spacial score (nSPS) is 15.6. The van der Waals surface area contributed by atoms with Crippen LogP contribution in [0.5, 0.6) is 5.75 Å². The van der Waals surface area contributed by atoms with Crippen molar-refractivity contribution in [2.24, 2.45) is 5.92 Å². The summed E-state index contributed by atoms with van der Waals surface area (Å²) in [5, 5.41) is 4.18. The summed E-state index contributed by atoms with van der Waals surface area (Å²) in [5.41, 5.74) is 0.686. The monoisotopic (exact) mass is 313 g/mol. The smallest absolute Gasteiger partial charge is 0.257 e. The number of carbonyl (C=O) groups is 1. The minimum absolute atomic E-state index is 0.0899. The Hall–Kier alpha value is -2.30. The van der Waals surface area contributed by atoms with Gasteiger partial charge in [0.05, 0.1) is 18.4 Å². The Balaban J connectivity index is 1.47. The van der Waals surface area contributed by atoms with Crippen molar-refractivity contribution in [2.45, 2.75) is 26.3 Å². The molecule has 0 radical (unpaired) electrons. The van der Waals surface area contributed by atoms with Crippen molar-refractivity contribution in [3.05, 3.63) is 48.3 Å². The molecule has 0 bridgehead atoms. The molecule has 1 aromatic carbocycles. The molecule has 2 heterocycles. The summed E-state index contributed by atoms with van der Waals surface area (Å²) in [6.45, 7) is 5.10. The lowest BCUT2D eigenvalue weighted by Gasteiger charge is -2.31. The highest BCUT2D eigenvalue weighted by molar-refractivity contribution is 5.93. The lowest BCUT2D eigenvalue weighted by atomic mass is 9.97. The van der Waals surface area contributed by atoms with Crippen molar-refractivity contribution in [1.29, 1.82) is 0 Å². The number of rotatable bonds is 5. The van der Waals surface area contributed by atoms with Crippen molar-refractivity contribution in [3.8, 4) is 5.75 Å². The van der Waals surface area contributed by atoms with Crippen LogP contribution in [0.3, 0.4) is 0 Å². The first-order valence-electron chi connectivity index (χ1n) is 8.26. The molecule has 0 aliphatic carbocycles. The number of para-hydroxylation sites is 1. The summed E-state index contributed by atoms with van der Waals surface area (Å²) in [4.78, 5) is 14.4. The van der Waals surface area contributed by atoms with Crippen LogP contribution >= 0.6 is 0 Å². The number of ether oxygens (including phenoxy) is 1. The lowest BCUT2D eigenvalue weighted by molar-refractivity contribution is 0.0661. The number of hydrogen-bond donors (Lipinski definition) is 0. The molecule has 23 heavy (non-hydrogen) atoms. The van der Waals surface area contributed by atoms with Gasteiger partial charge in [-0.3, -0.25) is 9.48 Å². The molecule has 122 valence electrons. The first-order valence-corrected chi connectivity index (χ1v) is 8.26. The lowest BCUT2D eigenvalue weighted by Crippen LogP contribution is -2.39. The van der Waals surface area contributed by atoms with Crippen LogP contribution < -0.4 is 4.74 Å². The molecule has 0 N–H and O–H groups in total. The van der Waals surface area contributed by atoms with Gasteiger partial charge in [0.25, 0.3) is 5.91 Å². The molecule has 5 nitrogen and oxygen atoms in total. The Kier molecular flexibility index (Phi) is 4.95. The summed E-state index contributed by atoms with van der Waals surface area (Å²) in [5.74, 6) is 1.52. The molecule has 1 fully saturated rings. The van der Waals surface area contributed by atoms with E-state index in [0.717, 1.165) is 44.8 Å². The SMILES string of the molecule is CCn1cc(C(=O)N2CCC(COc3ccccc3)CC2)cn1. The number of benzene rings is 1. The van der Waals surface area contributed by atoms with E-state index in [9.17, 15) is 4.79 Å². The molecule has 0 spiro atoms. The van der Waals surface area contributed by atoms with Gasteiger partial charge < -0.3 is 9.64 Å². The standard InChI is InChI=1S/C18H23N3O2/c1-2-21-13-16(12-19-21)18(22)20-10-8-15(9-11-20)14-23-17-6-4-3-5-7-17/h3-7,12-13,15H,2,8-11,14H2,1H3. The van der Waals surface area contributed by atoms with Gasteiger partial charge in [-0.15, -0.1) is 0 Å². The fraction of sp³-hybridized carbons (Fsp3) is 0.444. The molecule has 1 aliphatic rings. The molecule has 1 aromatic heterocycles. The third kappa shape index (κ3) is 3.92. The van der Waals surface area contributed by atoms with Crippen LogP contribution in [-0.4, -0.2) is 40.3 Å². The second-order valence-electron chi connectivity index (χ2n) is 5.94. The fourth-order valence-corrected chi connectivity index (χ4v) is 2.86. The van der Waals surface area contributed by atoms with E-state index in [2.05, 4.69) is 5.10 Å². The van der Waals surface area contributed by atoms with Crippen LogP contribution in [0, 0.1) is 5.92 Å². The topological polar surface area (TPSA) is 47.4 Å². The van der Waals surface area contributed by atoms with Gasteiger partial charge in [0, 0.05) is 25.8 Å². The second-order valence-corrected chi connectivity index (χ2v) is 5.94. The highest BCUT2D eigenvalue weighted by atomic mass is 16.5. The third-order valence-corrected chi connectivity index (χ3v) is 4.33. The van der Waals surface area contributed by atoms with Crippen LogP contribution in [0.4, 0.5) is 0 Å². The number of likely N-dealkylation sites (tertiary alicyclic amines) is 1. The van der Waals surface area contributed by atoms with Gasteiger partial charge in [-0.2, -0.15) is 5.10 Å². The van der Waals surface area contributed by atoms with Gasteiger partial charge in [-0.1, -0.05) is 18.2 Å². The fourth-order valence-electron chi connectivity index (χ4n) is 2.86. The Morgan fingerprint density at radius 3 is 2.65 bits per heavy atom. The highest BCUT2D eigenvalue weighted by Crippen LogP contribution is 2.20. The number of amides is 1. The van der Waals surface area contributed by atoms with E-state index < -0.39 is 0 Å². The molecule has 0 saturated carbocycles. The number of aryl methyl sites for hydroxylation is 1. The van der Waals surface area contributed by atoms with Crippen LogP contribution in [0.2, 0.25) is 0 Å². The van der Waals surface area contributed by atoms with Crippen molar-refractivity contribution < 1.29 is 9.53 Å². The van der Waals surface area contributed by atoms with Crippen LogP contribution in [-0.2, 0) is 6.54 Å². The number of piperidine rings is 1. The Morgan fingerprint density at radius 2 is 2.00 bits per heavy atom. The summed E-state index contributed by atoms with van der Waals surface area (Å²) >= 11 is 0. The first-order chi connectivity index (χ1) is 11.3. The number of hydrogen-bond acceptors (Lipinski definition) is 3. The van der Waals surface area contributed by atoms with Gasteiger partial charge in [0.1, 0.15) is 5.75 Å². The molecule has 1 saturated heterocycles. The number of aromatic nitrogens is 2. The molecule has 1 aliphatic heterocycles. The van der Waals surface area contributed by atoms with Gasteiger partial charge in [-0.05, 0) is 37.8 Å². The summed E-state index contributed by atoms with van der Waals surface area (Å²) in [6, 6.07) is 9.89. The van der Waals surface area contributed by atoms with Crippen LogP contribution in [0.1, 0.15) is 30.1 Å². The molecule has 0 unspecified atom stereocenters. The minimum Gasteiger partial charge on any atom is -0.493 e. The first kappa shape index (κ1) is 15.6. The molecular formula is C18H23N3O2. The van der Waals surface area contributed by atoms with E-state index in [4.69, 9.17) is 4.74 Å². The van der Waals surface area contributed by atoms with Crippen molar-refractivity contribution >= 4 is 5.91 Å². The van der Waals surface area contributed by atoms with Crippen LogP contribution in [0.15, 0.2) is 42.7 Å². The average molecular weight is 313 g/mol. The second kappa shape index (κ2) is 7.31. The summed E-state index contributed by atoms with van der Waals surface area (Å²) in [6.07, 6.45) is 5.46. The Bertz CT molecular complexity index is 631. The van der Waals surface area contributed by atoms with E-state index in [1.807, 2.05) is 48.4 Å². The minimum atomic E-state index is 0.0899. The molecule has 3 rings (SSSR count). The maximum absolute atomic E-state index is 12.5. The maximum atomic E-state index is 12.5. The van der Waals surface area contributed by atoms with Gasteiger partial charge in [0.15, 0.2) is 0 Å². The van der Waals surface area contributed by atoms with E-state index in [1.165, 1.54) is 0 Å². The Morgan fingerprint density at radius 1 is 1.26 bits per heavy atom. The van der Waals surface area contributed by atoms with Crippen molar-refractivity contribution in [1.82, 2.24) is 14.7 Å².